The Bertz CT molecular complexity index is 613. The Balaban J connectivity index is 1.98. The second-order valence-corrected chi connectivity index (χ2v) is 7.48. The smallest absolute Gasteiger partial charge is 0.272 e. The Morgan fingerprint density at radius 2 is 2.20 bits per heavy atom. The van der Waals surface area contributed by atoms with Crippen LogP contribution in [0.1, 0.15) is 24.0 Å². The first-order valence-corrected chi connectivity index (χ1v) is 8.28. The standard InChI is InChI=1S/C13H18N2O4S/c1-10-11(4-2-6-13(10)15(16)17)8-14-9-12-5-3-7-20(12,18)19/h2,4,6,12,14H,3,5,7-9H2,1H3. The third kappa shape index (κ3) is 3.16. The molecule has 2 rings (SSSR count). The van der Waals surface area contributed by atoms with Crippen molar-refractivity contribution < 1.29 is 13.3 Å². The predicted molar refractivity (Wildman–Crippen MR) is 76.3 cm³/mol. The topological polar surface area (TPSA) is 89.3 Å². The maximum absolute atomic E-state index is 11.7. The number of sulfone groups is 1. The minimum absolute atomic E-state index is 0.0952. The van der Waals surface area contributed by atoms with Gasteiger partial charge < -0.3 is 5.32 Å². The highest BCUT2D eigenvalue weighted by Gasteiger charge is 2.30. The van der Waals surface area contributed by atoms with E-state index in [-0.39, 0.29) is 16.7 Å². The molecule has 0 aromatic heterocycles. The molecule has 1 atom stereocenters. The second kappa shape index (κ2) is 5.88. The minimum Gasteiger partial charge on any atom is -0.311 e. The molecule has 0 amide bonds. The Morgan fingerprint density at radius 1 is 1.45 bits per heavy atom. The lowest BCUT2D eigenvalue weighted by molar-refractivity contribution is -0.385. The van der Waals surface area contributed by atoms with E-state index in [9.17, 15) is 18.5 Å². The molecule has 0 aliphatic carbocycles. The number of hydrogen-bond donors (Lipinski definition) is 1. The van der Waals surface area contributed by atoms with Crippen molar-refractivity contribution in [1.82, 2.24) is 5.32 Å². The first-order chi connectivity index (χ1) is 9.42. The molecule has 1 aliphatic heterocycles. The van der Waals surface area contributed by atoms with Crippen molar-refractivity contribution in [3.63, 3.8) is 0 Å². The summed E-state index contributed by atoms with van der Waals surface area (Å²) in [7, 11) is -2.94. The van der Waals surface area contributed by atoms with Crippen molar-refractivity contribution in [3.05, 3.63) is 39.4 Å². The minimum atomic E-state index is -2.94. The molecular weight excluding hydrogens is 280 g/mol. The number of nitrogens with zero attached hydrogens (tertiary/aromatic N) is 1. The van der Waals surface area contributed by atoms with Crippen LogP contribution >= 0.6 is 0 Å². The van der Waals surface area contributed by atoms with Crippen molar-refractivity contribution in [2.45, 2.75) is 31.6 Å². The molecule has 1 unspecified atom stereocenters. The van der Waals surface area contributed by atoms with Crippen LogP contribution in [0.5, 0.6) is 0 Å². The van der Waals surface area contributed by atoms with Gasteiger partial charge in [0.2, 0.25) is 0 Å². The fourth-order valence-electron chi connectivity index (χ4n) is 2.51. The second-order valence-electron chi connectivity index (χ2n) is 5.08. The average Bonchev–Trinajstić information content (AvgIpc) is 2.70. The van der Waals surface area contributed by atoms with Crippen LogP contribution in [0.15, 0.2) is 18.2 Å². The van der Waals surface area contributed by atoms with E-state index in [1.807, 2.05) is 6.07 Å². The van der Waals surface area contributed by atoms with Gasteiger partial charge in [-0.25, -0.2) is 8.42 Å². The number of benzene rings is 1. The Morgan fingerprint density at radius 3 is 2.80 bits per heavy atom. The van der Waals surface area contributed by atoms with Crippen LogP contribution in [0.3, 0.4) is 0 Å². The SMILES string of the molecule is Cc1c(CNCC2CCCS2(=O)=O)cccc1[N+](=O)[O-]. The number of nitro benzene ring substituents is 1. The van der Waals surface area contributed by atoms with Crippen molar-refractivity contribution in [2.75, 3.05) is 12.3 Å². The van der Waals surface area contributed by atoms with Crippen LogP contribution < -0.4 is 5.32 Å². The number of hydrogen-bond acceptors (Lipinski definition) is 5. The summed E-state index contributed by atoms with van der Waals surface area (Å²) in [6, 6.07) is 4.94. The maximum atomic E-state index is 11.7. The van der Waals surface area contributed by atoms with Crippen LogP contribution in [0, 0.1) is 17.0 Å². The van der Waals surface area contributed by atoms with Gasteiger partial charge in [0.1, 0.15) is 0 Å². The van der Waals surface area contributed by atoms with E-state index in [4.69, 9.17) is 0 Å². The molecule has 0 bridgehead atoms. The highest BCUT2D eigenvalue weighted by molar-refractivity contribution is 7.92. The fourth-order valence-corrected chi connectivity index (χ4v) is 4.31. The lowest BCUT2D eigenvalue weighted by Crippen LogP contribution is -2.30. The molecule has 0 spiro atoms. The van der Waals surface area contributed by atoms with Gasteiger partial charge in [0.05, 0.1) is 15.9 Å². The normalized spacial score (nSPS) is 20.9. The van der Waals surface area contributed by atoms with E-state index >= 15 is 0 Å². The molecule has 0 radical (unpaired) electrons. The highest BCUT2D eigenvalue weighted by Crippen LogP contribution is 2.22. The molecule has 1 fully saturated rings. The first-order valence-electron chi connectivity index (χ1n) is 6.57. The van der Waals surface area contributed by atoms with Gasteiger partial charge >= 0.3 is 0 Å². The highest BCUT2D eigenvalue weighted by atomic mass is 32.2. The van der Waals surface area contributed by atoms with Gasteiger partial charge in [-0.1, -0.05) is 12.1 Å². The van der Waals surface area contributed by atoms with Crippen molar-refractivity contribution in [1.29, 1.82) is 0 Å². The zero-order valence-corrected chi connectivity index (χ0v) is 12.1. The zero-order chi connectivity index (χ0) is 14.8. The summed E-state index contributed by atoms with van der Waals surface area (Å²) >= 11 is 0. The van der Waals surface area contributed by atoms with Gasteiger partial charge in [-0.05, 0) is 25.3 Å². The summed E-state index contributed by atoms with van der Waals surface area (Å²) in [6.45, 7) is 2.56. The fraction of sp³-hybridized carbons (Fsp3) is 0.538. The third-order valence-corrected chi connectivity index (χ3v) is 6.04. The lowest BCUT2D eigenvalue weighted by atomic mass is 10.1. The van der Waals surface area contributed by atoms with Gasteiger partial charge in [-0.3, -0.25) is 10.1 Å². The quantitative estimate of drug-likeness (QED) is 0.658. The summed E-state index contributed by atoms with van der Waals surface area (Å²) in [6.07, 6.45) is 1.42. The van der Waals surface area contributed by atoms with Crippen molar-refractivity contribution in [3.8, 4) is 0 Å². The summed E-state index contributed by atoms with van der Waals surface area (Å²) < 4.78 is 23.4. The monoisotopic (exact) mass is 298 g/mol. The van der Waals surface area contributed by atoms with Gasteiger partial charge in [0.25, 0.3) is 5.69 Å². The maximum Gasteiger partial charge on any atom is 0.272 e. The summed E-state index contributed by atoms with van der Waals surface area (Å²) in [5.41, 5.74) is 1.55. The average molecular weight is 298 g/mol. The molecule has 7 heteroatoms. The van der Waals surface area contributed by atoms with Gasteiger partial charge in [-0.2, -0.15) is 0 Å². The zero-order valence-electron chi connectivity index (χ0n) is 11.3. The van der Waals surface area contributed by atoms with Crippen LogP contribution in [0.4, 0.5) is 5.69 Å². The number of nitro groups is 1. The molecule has 1 aromatic rings. The Hall–Kier alpha value is -1.47. The van der Waals surface area contributed by atoms with E-state index < -0.39 is 14.8 Å². The van der Waals surface area contributed by atoms with E-state index in [1.165, 1.54) is 6.07 Å². The van der Waals surface area contributed by atoms with Crippen molar-refractivity contribution in [2.24, 2.45) is 0 Å². The van der Waals surface area contributed by atoms with E-state index in [0.29, 0.717) is 25.1 Å². The number of nitrogens with one attached hydrogen (secondary N) is 1. The van der Waals surface area contributed by atoms with Crippen LogP contribution in [-0.2, 0) is 16.4 Å². The van der Waals surface area contributed by atoms with Gasteiger partial charge in [-0.15, -0.1) is 0 Å². The molecule has 1 N–H and O–H groups in total. The van der Waals surface area contributed by atoms with Crippen LogP contribution in [0.2, 0.25) is 0 Å². The third-order valence-electron chi connectivity index (χ3n) is 3.76. The molecular formula is C13H18N2O4S. The number of rotatable bonds is 5. The van der Waals surface area contributed by atoms with Crippen LogP contribution in [-0.4, -0.2) is 30.9 Å². The molecule has 0 saturated carbocycles. The van der Waals surface area contributed by atoms with E-state index in [0.717, 1.165) is 12.0 Å². The summed E-state index contributed by atoms with van der Waals surface area (Å²) in [5.74, 6) is 0.273. The molecule has 6 nitrogen and oxygen atoms in total. The van der Waals surface area contributed by atoms with Crippen LogP contribution in [0.25, 0.3) is 0 Å². The largest absolute Gasteiger partial charge is 0.311 e. The first kappa shape index (κ1) is 14.9. The molecule has 1 aromatic carbocycles. The summed E-state index contributed by atoms with van der Waals surface area (Å²) in [5, 5.41) is 13.6. The van der Waals surface area contributed by atoms with E-state index in [2.05, 4.69) is 5.32 Å². The Kier molecular flexibility index (Phi) is 4.39. The molecule has 110 valence electrons. The lowest BCUT2D eigenvalue weighted by Gasteiger charge is -2.12. The molecule has 1 saturated heterocycles. The van der Waals surface area contributed by atoms with Gasteiger partial charge in [0, 0.05) is 24.7 Å². The molecule has 20 heavy (non-hydrogen) atoms. The van der Waals surface area contributed by atoms with Gasteiger partial charge in [0.15, 0.2) is 9.84 Å². The molecule has 1 aliphatic rings. The summed E-state index contributed by atoms with van der Waals surface area (Å²) in [4.78, 5) is 10.4. The Labute approximate surface area is 118 Å². The van der Waals surface area contributed by atoms with E-state index in [1.54, 1.807) is 13.0 Å². The molecule has 1 heterocycles. The predicted octanol–water partition coefficient (Wildman–Crippen LogP) is 1.57. The van der Waals surface area contributed by atoms with Crippen molar-refractivity contribution >= 4 is 15.5 Å².